The van der Waals surface area contributed by atoms with Gasteiger partial charge in [0.1, 0.15) is 28.6 Å². The molecule has 0 amide bonds. The lowest BCUT2D eigenvalue weighted by Crippen LogP contribution is -2.50. The number of pyridine rings is 1. The number of hydrogen-bond acceptors (Lipinski definition) is 9. The standard InChI is InChI=1S/C34H35F2N5O4/c1-3-23-26(35)8-7-20-14-21(42)15-24(28(20)23)30-29(36)31-25(16-37-30)32(41-12-13-44-18-22(43)17-41)39-33(38-31)45-19-34-9-4-6-27(34)40(2)11-5-10-34/h1,7-8,14-16,22,27,42-43H,4-6,9-13,17-19H2,2H3/t22?,27-,34-/m1/s1. The molecule has 11 heteroatoms. The molecule has 2 aliphatic heterocycles. The number of piperidine rings is 1. The van der Waals surface area contributed by atoms with Crippen molar-refractivity contribution in [2.75, 3.05) is 51.4 Å². The van der Waals surface area contributed by atoms with Crippen molar-refractivity contribution < 1.29 is 28.5 Å². The van der Waals surface area contributed by atoms with Crippen LogP contribution >= 0.6 is 0 Å². The van der Waals surface area contributed by atoms with Crippen LogP contribution < -0.4 is 9.64 Å². The van der Waals surface area contributed by atoms with Gasteiger partial charge in [0.25, 0.3) is 0 Å². The minimum Gasteiger partial charge on any atom is -0.508 e. The SMILES string of the molecule is C#Cc1c(F)ccc2cc(O)cc(-c3ncc4c(N5CCOCC(O)C5)nc(OC[C@]56CCC[C@H]5N(C)CCC6)nc4c3F)c12. The van der Waals surface area contributed by atoms with Gasteiger partial charge in [0.15, 0.2) is 5.82 Å². The van der Waals surface area contributed by atoms with Gasteiger partial charge in [-0.05, 0) is 62.9 Å². The Balaban J connectivity index is 1.38. The molecule has 45 heavy (non-hydrogen) atoms. The molecular weight excluding hydrogens is 580 g/mol. The maximum atomic E-state index is 16.8. The summed E-state index contributed by atoms with van der Waals surface area (Å²) in [6.45, 7) is 2.60. The molecule has 3 aliphatic rings. The van der Waals surface area contributed by atoms with Crippen LogP contribution in [-0.4, -0.2) is 88.7 Å². The van der Waals surface area contributed by atoms with Gasteiger partial charge in [-0.2, -0.15) is 9.97 Å². The molecule has 2 saturated heterocycles. The smallest absolute Gasteiger partial charge is 0.319 e. The number of hydrogen-bond donors (Lipinski definition) is 2. The lowest BCUT2D eigenvalue weighted by molar-refractivity contribution is 0.0133. The van der Waals surface area contributed by atoms with Crippen molar-refractivity contribution in [2.24, 2.45) is 5.41 Å². The van der Waals surface area contributed by atoms with E-state index in [0.717, 1.165) is 38.6 Å². The zero-order valence-corrected chi connectivity index (χ0v) is 25.1. The van der Waals surface area contributed by atoms with Crippen LogP contribution in [0, 0.1) is 29.4 Å². The molecule has 1 aliphatic carbocycles. The van der Waals surface area contributed by atoms with E-state index in [-0.39, 0.29) is 58.1 Å². The Bertz CT molecular complexity index is 1830. The van der Waals surface area contributed by atoms with Gasteiger partial charge in [-0.1, -0.05) is 18.4 Å². The summed E-state index contributed by atoms with van der Waals surface area (Å²) in [7, 11) is 2.16. The van der Waals surface area contributed by atoms with Crippen molar-refractivity contribution in [3.63, 3.8) is 0 Å². The Hall–Kier alpha value is -4.11. The molecule has 0 bridgehead atoms. The van der Waals surface area contributed by atoms with Gasteiger partial charge in [0.2, 0.25) is 0 Å². The van der Waals surface area contributed by atoms with Crippen molar-refractivity contribution in [1.82, 2.24) is 19.9 Å². The fourth-order valence-corrected chi connectivity index (χ4v) is 7.64. The Morgan fingerprint density at radius 3 is 2.87 bits per heavy atom. The maximum absolute atomic E-state index is 16.8. The van der Waals surface area contributed by atoms with Crippen molar-refractivity contribution in [3.05, 3.63) is 47.7 Å². The molecule has 3 fully saturated rings. The minimum atomic E-state index is -0.791. The van der Waals surface area contributed by atoms with Gasteiger partial charge < -0.3 is 29.5 Å². The number of phenolic OH excluding ortho intramolecular Hbond substituents is 1. The summed E-state index contributed by atoms with van der Waals surface area (Å²) in [4.78, 5) is 18.0. The Kier molecular flexibility index (Phi) is 7.68. The van der Waals surface area contributed by atoms with Crippen LogP contribution in [0.25, 0.3) is 32.9 Å². The second-order valence-electron chi connectivity index (χ2n) is 12.5. The Morgan fingerprint density at radius 2 is 2.02 bits per heavy atom. The minimum absolute atomic E-state index is 0.0255. The van der Waals surface area contributed by atoms with E-state index in [1.165, 1.54) is 30.5 Å². The predicted molar refractivity (Wildman–Crippen MR) is 166 cm³/mol. The number of aliphatic hydroxyl groups excluding tert-OH is 1. The molecule has 2 aromatic heterocycles. The molecule has 2 N–H and O–H groups in total. The second-order valence-corrected chi connectivity index (χ2v) is 12.5. The molecule has 7 rings (SSSR count). The highest BCUT2D eigenvalue weighted by Gasteiger charge is 2.47. The Labute approximate surface area is 259 Å². The topological polar surface area (TPSA) is 104 Å². The summed E-state index contributed by atoms with van der Waals surface area (Å²) in [6.07, 6.45) is 11.7. The molecule has 1 unspecified atom stereocenters. The van der Waals surface area contributed by atoms with Gasteiger partial charge >= 0.3 is 6.01 Å². The first-order valence-corrected chi connectivity index (χ1v) is 15.4. The summed E-state index contributed by atoms with van der Waals surface area (Å²) in [6, 6.07) is 5.88. The summed E-state index contributed by atoms with van der Waals surface area (Å²) in [5.41, 5.74) is -0.149. The third kappa shape index (κ3) is 5.21. The fraction of sp³-hybridized carbons (Fsp3) is 0.441. The van der Waals surface area contributed by atoms with Crippen LogP contribution in [0.4, 0.5) is 14.6 Å². The highest BCUT2D eigenvalue weighted by molar-refractivity contribution is 6.03. The second kappa shape index (κ2) is 11.7. The lowest BCUT2D eigenvalue weighted by Gasteiger charge is -2.44. The third-order valence-electron chi connectivity index (χ3n) is 9.71. The first-order valence-electron chi connectivity index (χ1n) is 15.4. The molecule has 4 heterocycles. The lowest BCUT2D eigenvalue weighted by atomic mass is 9.76. The maximum Gasteiger partial charge on any atom is 0.319 e. The quantitative estimate of drug-likeness (QED) is 0.311. The van der Waals surface area contributed by atoms with Crippen molar-refractivity contribution >= 4 is 27.5 Å². The van der Waals surface area contributed by atoms with Gasteiger partial charge in [-0.15, -0.1) is 6.42 Å². The number of rotatable bonds is 5. The number of nitrogens with zero attached hydrogens (tertiary/aromatic N) is 5. The van der Waals surface area contributed by atoms with Gasteiger partial charge in [-0.3, -0.25) is 4.98 Å². The zero-order chi connectivity index (χ0) is 31.3. The van der Waals surface area contributed by atoms with Crippen molar-refractivity contribution in [3.8, 4) is 35.4 Å². The van der Waals surface area contributed by atoms with Crippen LogP contribution in [0.5, 0.6) is 11.8 Å². The number of benzene rings is 2. The van der Waals surface area contributed by atoms with Crippen LogP contribution in [0.1, 0.15) is 37.7 Å². The first-order chi connectivity index (χ1) is 21.8. The molecular formula is C34H35F2N5O4. The number of β-amino-alcohol motifs (C(OH)–C–C–N with tert-alkyl or cyclic N) is 1. The fourth-order valence-electron chi connectivity index (χ4n) is 7.64. The van der Waals surface area contributed by atoms with E-state index in [4.69, 9.17) is 20.9 Å². The number of halogens is 2. The number of terminal acetylenes is 1. The predicted octanol–water partition coefficient (Wildman–Crippen LogP) is 4.65. The van der Waals surface area contributed by atoms with Crippen LogP contribution in [0.15, 0.2) is 30.5 Å². The number of fused-ring (bicyclic) bond motifs is 3. The summed E-state index contributed by atoms with van der Waals surface area (Å²) in [5, 5.41) is 22.0. The largest absolute Gasteiger partial charge is 0.508 e. The van der Waals surface area contributed by atoms with E-state index in [9.17, 15) is 14.6 Å². The normalized spacial score (nSPS) is 24.0. The van der Waals surface area contributed by atoms with Gasteiger partial charge in [0, 0.05) is 41.7 Å². The number of phenols is 1. The number of aromatic nitrogens is 3. The number of ether oxygens (including phenoxy) is 2. The average molecular weight is 616 g/mol. The molecule has 2 aromatic carbocycles. The van der Waals surface area contributed by atoms with E-state index >= 15 is 4.39 Å². The summed E-state index contributed by atoms with van der Waals surface area (Å²) < 4.78 is 43.5. The third-order valence-corrected chi connectivity index (χ3v) is 9.71. The van der Waals surface area contributed by atoms with Gasteiger partial charge in [-0.25, -0.2) is 8.78 Å². The first kappa shape index (κ1) is 29.6. The number of anilines is 1. The summed E-state index contributed by atoms with van der Waals surface area (Å²) in [5.74, 6) is 1.15. The molecule has 234 valence electrons. The number of aliphatic hydroxyl groups is 1. The van der Waals surface area contributed by atoms with E-state index in [2.05, 4.69) is 27.8 Å². The molecule has 3 atom stereocenters. The molecule has 1 saturated carbocycles. The monoisotopic (exact) mass is 615 g/mol. The van der Waals surface area contributed by atoms with Gasteiger partial charge in [0.05, 0.1) is 36.9 Å². The van der Waals surface area contributed by atoms with Crippen LogP contribution in [-0.2, 0) is 4.74 Å². The summed E-state index contributed by atoms with van der Waals surface area (Å²) >= 11 is 0. The Morgan fingerprint density at radius 1 is 1.18 bits per heavy atom. The molecule has 9 nitrogen and oxygen atoms in total. The molecule has 0 spiro atoms. The van der Waals surface area contributed by atoms with Crippen molar-refractivity contribution in [1.29, 1.82) is 0 Å². The van der Waals surface area contributed by atoms with Crippen LogP contribution in [0.3, 0.4) is 0 Å². The number of aromatic hydroxyl groups is 1. The average Bonchev–Trinajstić information content (AvgIpc) is 3.35. The highest BCUT2D eigenvalue weighted by atomic mass is 19.1. The van der Waals surface area contributed by atoms with Crippen molar-refractivity contribution in [2.45, 2.75) is 44.2 Å². The number of likely N-dealkylation sites (tertiary alicyclic amines) is 1. The zero-order valence-electron chi connectivity index (χ0n) is 25.1. The van der Waals surface area contributed by atoms with Crippen LogP contribution in [0.2, 0.25) is 0 Å². The molecule has 0 radical (unpaired) electrons. The van der Waals surface area contributed by atoms with E-state index in [0.29, 0.717) is 42.4 Å². The van der Waals surface area contributed by atoms with E-state index in [1.807, 2.05) is 4.90 Å². The van der Waals surface area contributed by atoms with E-state index in [1.54, 1.807) is 0 Å². The molecule has 4 aromatic rings. The van der Waals surface area contributed by atoms with E-state index < -0.39 is 17.7 Å². The highest BCUT2D eigenvalue weighted by Crippen LogP contribution is 2.47.